The number of amides is 1. The van der Waals surface area contributed by atoms with E-state index in [1.165, 1.54) is 0 Å². The van der Waals surface area contributed by atoms with Crippen LogP contribution in [-0.4, -0.2) is 22.1 Å². The second-order valence-electron chi connectivity index (χ2n) is 5.42. The fourth-order valence-corrected chi connectivity index (χ4v) is 1.95. The Morgan fingerprint density at radius 2 is 2.00 bits per heavy atom. The second kappa shape index (κ2) is 10.8. The van der Waals surface area contributed by atoms with Crippen molar-refractivity contribution in [2.24, 2.45) is 11.7 Å². The first-order valence-corrected chi connectivity index (χ1v) is 7.16. The zero-order valence-electron chi connectivity index (χ0n) is 13.5. The van der Waals surface area contributed by atoms with Crippen molar-refractivity contribution in [2.75, 3.05) is 5.32 Å². The lowest BCUT2D eigenvalue weighted by molar-refractivity contribution is -0.117. The van der Waals surface area contributed by atoms with Gasteiger partial charge in [0.15, 0.2) is 0 Å². The number of nitrogens with two attached hydrogens (primary N) is 1. The summed E-state index contributed by atoms with van der Waals surface area (Å²) in [7, 11) is 0. The third-order valence-electron chi connectivity index (χ3n) is 2.93. The molecule has 0 radical (unpaired) electrons. The van der Waals surface area contributed by atoms with E-state index in [0.717, 1.165) is 0 Å². The monoisotopic (exact) mass is 372 g/mol. The highest BCUT2D eigenvalue weighted by Gasteiger charge is 2.15. The van der Waals surface area contributed by atoms with Gasteiger partial charge in [-0.2, -0.15) is 5.10 Å². The first kappa shape index (κ1) is 22.1. The molecule has 0 saturated carbocycles. The van der Waals surface area contributed by atoms with Gasteiger partial charge < -0.3 is 15.8 Å². The summed E-state index contributed by atoms with van der Waals surface area (Å²) in [6.07, 6.45) is 2.21. The molecule has 0 spiro atoms. The summed E-state index contributed by atoms with van der Waals surface area (Å²) >= 11 is 0. The molecule has 0 bridgehead atoms. The lowest BCUT2D eigenvalue weighted by Gasteiger charge is -2.14. The van der Waals surface area contributed by atoms with Gasteiger partial charge in [-0.25, -0.2) is 0 Å². The standard InChI is InChI=1S/C16H20N4O2.2ClH/c1-11(2)9-14(17)16(21)19-12-5-3-6-13(10-12)22-15-7-4-8-18-20-15;;/h3-8,10-11,14H,9,17H2,1-2H3,(H,19,21);2*1H/t14-;;/m0../s1. The van der Waals surface area contributed by atoms with Crippen LogP contribution in [0.25, 0.3) is 0 Å². The van der Waals surface area contributed by atoms with Crippen molar-refractivity contribution in [3.8, 4) is 11.6 Å². The van der Waals surface area contributed by atoms with E-state index < -0.39 is 6.04 Å². The van der Waals surface area contributed by atoms with Crippen molar-refractivity contribution < 1.29 is 9.53 Å². The molecule has 1 atom stereocenters. The number of nitrogens with zero attached hydrogens (tertiary/aromatic N) is 2. The third kappa shape index (κ3) is 7.12. The number of aromatic nitrogens is 2. The number of carbonyl (C=O) groups excluding carboxylic acids is 1. The Hall–Kier alpha value is -1.89. The van der Waals surface area contributed by atoms with Crippen molar-refractivity contribution in [3.63, 3.8) is 0 Å². The lowest BCUT2D eigenvalue weighted by Crippen LogP contribution is -2.36. The van der Waals surface area contributed by atoms with Crippen LogP contribution in [0.15, 0.2) is 42.6 Å². The average Bonchev–Trinajstić information content (AvgIpc) is 2.48. The van der Waals surface area contributed by atoms with Crippen LogP contribution in [0.3, 0.4) is 0 Å². The number of nitrogens with one attached hydrogen (secondary N) is 1. The molecule has 1 heterocycles. The summed E-state index contributed by atoms with van der Waals surface area (Å²) in [4.78, 5) is 12.0. The van der Waals surface area contributed by atoms with Gasteiger partial charge in [0.25, 0.3) is 0 Å². The SMILES string of the molecule is CC(C)C[C@H](N)C(=O)Nc1cccc(Oc2cccnn2)c1.Cl.Cl. The fraction of sp³-hybridized carbons (Fsp3) is 0.312. The largest absolute Gasteiger partial charge is 0.437 e. The molecule has 1 amide bonds. The van der Waals surface area contributed by atoms with E-state index >= 15 is 0 Å². The molecule has 2 rings (SSSR count). The van der Waals surface area contributed by atoms with Crippen LogP contribution in [0.1, 0.15) is 20.3 Å². The van der Waals surface area contributed by atoms with Gasteiger partial charge in [-0.1, -0.05) is 19.9 Å². The lowest BCUT2D eigenvalue weighted by atomic mass is 10.0. The zero-order chi connectivity index (χ0) is 15.9. The van der Waals surface area contributed by atoms with Gasteiger partial charge in [-0.3, -0.25) is 4.79 Å². The maximum atomic E-state index is 12.0. The summed E-state index contributed by atoms with van der Waals surface area (Å²) in [6.45, 7) is 4.06. The summed E-state index contributed by atoms with van der Waals surface area (Å²) in [5, 5.41) is 10.4. The minimum absolute atomic E-state index is 0. The van der Waals surface area contributed by atoms with E-state index in [0.29, 0.717) is 29.7 Å². The van der Waals surface area contributed by atoms with E-state index in [1.54, 1.807) is 42.6 Å². The summed E-state index contributed by atoms with van der Waals surface area (Å²) in [5.74, 6) is 1.12. The van der Waals surface area contributed by atoms with E-state index in [-0.39, 0.29) is 30.7 Å². The molecule has 1 aromatic heterocycles. The molecular formula is C16H22Cl2N4O2. The number of hydrogen-bond acceptors (Lipinski definition) is 5. The average molecular weight is 373 g/mol. The van der Waals surface area contributed by atoms with Crippen LogP contribution in [0.2, 0.25) is 0 Å². The summed E-state index contributed by atoms with van der Waals surface area (Å²) in [5.41, 5.74) is 6.50. The van der Waals surface area contributed by atoms with Crippen LogP contribution in [0.5, 0.6) is 11.6 Å². The van der Waals surface area contributed by atoms with Crippen LogP contribution < -0.4 is 15.8 Å². The molecule has 6 nitrogen and oxygen atoms in total. The maximum absolute atomic E-state index is 12.0. The Balaban J connectivity index is 0.00000264. The number of ether oxygens (including phenoxy) is 1. The molecule has 24 heavy (non-hydrogen) atoms. The summed E-state index contributed by atoms with van der Waals surface area (Å²) in [6, 6.07) is 9.98. The van der Waals surface area contributed by atoms with Gasteiger partial charge in [-0.05, 0) is 30.5 Å². The van der Waals surface area contributed by atoms with Gasteiger partial charge in [0, 0.05) is 24.0 Å². The van der Waals surface area contributed by atoms with E-state index in [4.69, 9.17) is 10.5 Å². The Bertz CT molecular complexity index is 626. The predicted molar refractivity (Wildman–Crippen MR) is 99.1 cm³/mol. The number of anilines is 1. The molecule has 0 saturated heterocycles. The quantitative estimate of drug-likeness (QED) is 0.810. The first-order valence-electron chi connectivity index (χ1n) is 7.16. The van der Waals surface area contributed by atoms with E-state index in [2.05, 4.69) is 15.5 Å². The highest BCUT2D eigenvalue weighted by molar-refractivity contribution is 5.94. The Labute approximate surface area is 154 Å². The van der Waals surface area contributed by atoms with Crippen LogP contribution in [0, 0.1) is 5.92 Å². The highest BCUT2D eigenvalue weighted by atomic mass is 35.5. The number of hydrogen-bond donors (Lipinski definition) is 2. The molecule has 132 valence electrons. The Morgan fingerprint density at radius 3 is 2.62 bits per heavy atom. The van der Waals surface area contributed by atoms with Crippen molar-refractivity contribution >= 4 is 36.4 Å². The van der Waals surface area contributed by atoms with Gasteiger partial charge in [0.2, 0.25) is 11.8 Å². The minimum atomic E-state index is -0.524. The molecule has 8 heteroatoms. The van der Waals surface area contributed by atoms with Crippen molar-refractivity contribution in [3.05, 3.63) is 42.6 Å². The fourth-order valence-electron chi connectivity index (χ4n) is 1.95. The van der Waals surface area contributed by atoms with Gasteiger partial charge in [0.05, 0.1) is 6.04 Å². The molecule has 0 unspecified atom stereocenters. The van der Waals surface area contributed by atoms with Crippen LogP contribution in [0.4, 0.5) is 5.69 Å². The minimum Gasteiger partial charge on any atom is -0.437 e. The molecule has 0 aliphatic heterocycles. The van der Waals surface area contributed by atoms with E-state index in [9.17, 15) is 4.79 Å². The molecule has 3 N–H and O–H groups in total. The van der Waals surface area contributed by atoms with Crippen molar-refractivity contribution in [1.29, 1.82) is 0 Å². The molecule has 0 fully saturated rings. The molecule has 2 aromatic rings. The normalized spacial score (nSPS) is 11.0. The topological polar surface area (TPSA) is 90.1 Å². The van der Waals surface area contributed by atoms with Crippen LogP contribution in [-0.2, 0) is 4.79 Å². The maximum Gasteiger partial charge on any atom is 0.241 e. The predicted octanol–water partition coefficient (Wildman–Crippen LogP) is 3.42. The Kier molecular flexibility index (Phi) is 9.95. The van der Waals surface area contributed by atoms with Crippen LogP contribution >= 0.6 is 24.8 Å². The van der Waals surface area contributed by atoms with Gasteiger partial charge in [0.1, 0.15) is 5.75 Å². The second-order valence-corrected chi connectivity index (χ2v) is 5.42. The first-order chi connectivity index (χ1) is 10.5. The van der Waals surface area contributed by atoms with Crippen molar-refractivity contribution in [1.82, 2.24) is 10.2 Å². The number of rotatable bonds is 6. The number of benzene rings is 1. The molecule has 1 aromatic carbocycles. The molecule has 0 aliphatic rings. The van der Waals surface area contributed by atoms with Crippen molar-refractivity contribution in [2.45, 2.75) is 26.3 Å². The summed E-state index contributed by atoms with van der Waals surface area (Å²) < 4.78 is 5.57. The molecular weight excluding hydrogens is 351 g/mol. The number of halogens is 2. The number of carbonyl (C=O) groups is 1. The van der Waals surface area contributed by atoms with Gasteiger partial charge >= 0.3 is 0 Å². The molecule has 0 aliphatic carbocycles. The third-order valence-corrected chi connectivity index (χ3v) is 2.93. The highest BCUT2D eigenvalue weighted by Crippen LogP contribution is 2.22. The smallest absolute Gasteiger partial charge is 0.241 e. The zero-order valence-corrected chi connectivity index (χ0v) is 15.1. The van der Waals surface area contributed by atoms with Gasteiger partial charge in [-0.15, -0.1) is 29.9 Å². The Morgan fingerprint density at radius 1 is 1.25 bits per heavy atom. The van der Waals surface area contributed by atoms with E-state index in [1.807, 2.05) is 13.8 Å².